The summed E-state index contributed by atoms with van der Waals surface area (Å²) in [6.07, 6.45) is -5.40. The second-order valence-electron chi connectivity index (χ2n) is 5.79. The highest BCUT2D eigenvalue weighted by Gasteiger charge is 2.32. The Bertz CT molecular complexity index is 556. The van der Waals surface area contributed by atoms with E-state index in [2.05, 4.69) is 20.7 Å². The first-order chi connectivity index (χ1) is 10.4. The SMILES string of the molecule is CCN(Cc1ccc(Br)cc1OC(F)(F)F)C(=O)OC(C)(C)C. The van der Waals surface area contributed by atoms with E-state index >= 15 is 0 Å². The van der Waals surface area contributed by atoms with Crippen LogP contribution in [0, 0.1) is 0 Å². The number of ether oxygens (including phenoxy) is 2. The standard InChI is InChI=1S/C15H19BrF3NO3/c1-5-20(13(21)23-14(2,3)4)9-10-6-7-11(16)8-12(10)22-15(17,18)19/h6-8H,5,9H2,1-4H3. The summed E-state index contributed by atoms with van der Waals surface area (Å²) in [7, 11) is 0. The molecule has 0 N–H and O–H groups in total. The Balaban J connectivity index is 2.99. The number of nitrogens with zero attached hydrogens (tertiary/aromatic N) is 1. The molecule has 0 aliphatic heterocycles. The third kappa shape index (κ3) is 7.11. The smallest absolute Gasteiger partial charge is 0.444 e. The summed E-state index contributed by atoms with van der Waals surface area (Å²) in [5.74, 6) is -0.353. The van der Waals surface area contributed by atoms with Gasteiger partial charge in [-0.3, -0.25) is 0 Å². The molecule has 0 saturated carbocycles. The topological polar surface area (TPSA) is 38.8 Å². The maximum Gasteiger partial charge on any atom is 0.573 e. The van der Waals surface area contributed by atoms with Crippen molar-refractivity contribution in [1.29, 1.82) is 0 Å². The number of alkyl halides is 3. The van der Waals surface area contributed by atoms with E-state index in [1.165, 1.54) is 17.0 Å². The zero-order valence-electron chi connectivity index (χ0n) is 13.3. The van der Waals surface area contributed by atoms with Crippen LogP contribution in [0.1, 0.15) is 33.3 Å². The van der Waals surface area contributed by atoms with Gasteiger partial charge in [0.25, 0.3) is 0 Å². The average Bonchev–Trinajstić information content (AvgIpc) is 2.33. The van der Waals surface area contributed by atoms with Crippen LogP contribution in [0.3, 0.4) is 0 Å². The van der Waals surface area contributed by atoms with E-state index in [4.69, 9.17) is 4.74 Å². The van der Waals surface area contributed by atoms with Crippen molar-refractivity contribution in [3.8, 4) is 5.75 Å². The van der Waals surface area contributed by atoms with Gasteiger partial charge in [-0.15, -0.1) is 13.2 Å². The van der Waals surface area contributed by atoms with Crippen molar-refractivity contribution in [2.24, 2.45) is 0 Å². The maximum atomic E-state index is 12.5. The molecular formula is C15H19BrF3NO3. The fraction of sp³-hybridized carbons (Fsp3) is 0.533. The average molecular weight is 398 g/mol. The van der Waals surface area contributed by atoms with E-state index in [-0.39, 0.29) is 24.4 Å². The predicted octanol–water partition coefficient (Wildman–Crippen LogP) is 5.10. The quantitative estimate of drug-likeness (QED) is 0.708. The molecule has 1 aromatic carbocycles. The number of halogens is 4. The first-order valence-corrected chi connectivity index (χ1v) is 7.72. The van der Waals surface area contributed by atoms with E-state index in [0.717, 1.165) is 0 Å². The van der Waals surface area contributed by atoms with Crippen molar-refractivity contribution in [3.63, 3.8) is 0 Å². The number of amides is 1. The zero-order valence-corrected chi connectivity index (χ0v) is 14.9. The summed E-state index contributed by atoms with van der Waals surface area (Å²) in [5, 5.41) is 0. The molecule has 0 fully saturated rings. The van der Waals surface area contributed by atoms with E-state index < -0.39 is 18.1 Å². The van der Waals surface area contributed by atoms with Crippen LogP contribution in [0.25, 0.3) is 0 Å². The lowest BCUT2D eigenvalue weighted by atomic mass is 10.2. The molecule has 0 bridgehead atoms. The molecule has 1 rings (SSSR count). The molecule has 0 aromatic heterocycles. The lowest BCUT2D eigenvalue weighted by Gasteiger charge is -2.27. The van der Waals surface area contributed by atoms with Gasteiger partial charge in [-0.2, -0.15) is 0 Å². The van der Waals surface area contributed by atoms with Crippen molar-refractivity contribution in [2.45, 2.75) is 46.2 Å². The van der Waals surface area contributed by atoms with Crippen LogP contribution >= 0.6 is 15.9 Å². The van der Waals surface area contributed by atoms with Gasteiger partial charge in [0, 0.05) is 16.6 Å². The Morgan fingerprint density at radius 2 is 1.87 bits per heavy atom. The molecule has 0 heterocycles. The number of rotatable bonds is 4. The number of carbonyl (C=O) groups is 1. The fourth-order valence-corrected chi connectivity index (χ4v) is 2.06. The summed E-state index contributed by atoms with van der Waals surface area (Å²) in [6.45, 7) is 7.11. The Labute approximate surface area is 141 Å². The predicted molar refractivity (Wildman–Crippen MR) is 83.1 cm³/mol. The summed E-state index contributed by atoms with van der Waals surface area (Å²) < 4.78 is 47.3. The number of hydrogen-bond acceptors (Lipinski definition) is 3. The van der Waals surface area contributed by atoms with Crippen molar-refractivity contribution in [2.75, 3.05) is 6.54 Å². The van der Waals surface area contributed by atoms with Crippen molar-refractivity contribution >= 4 is 22.0 Å². The van der Waals surface area contributed by atoms with Gasteiger partial charge in [-0.25, -0.2) is 4.79 Å². The van der Waals surface area contributed by atoms with E-state index in [1.807, 2.05) is 0 Å². The molecule has 1 aromatic rings. The normalized spacial score (nSPS) is 12.0. The largest absolute Gasteiger partial charge is 0.573 e. The molecule has 0 atom stereocenters. The van der Waals surface area contributed by atoms with E-state index in [0.29, 0.717) is 4.47 Å². The van der Waals surface area contributed by atoms with E-state index in [9.17, 15) is 18.0 Å². The third-order valence-electron chi connectivity index (χ3n) is 2.65. The van der Waals surface area contributed by atoms with Gasteiger partial charge < -0.3 is 14.4 Å². The molecule has 0 radical (unpaired) electrons. The minimum atomic E-state index is -4.81. The van der Waals surface area contributed by atoms with Crippen LogP contribution in [-0.4, -0.2) is 29.5 Å². The molecular weight excluding hydrogens is 379 g/mol. The molecule has 1 amide bonds. The molecule has 4 nitrogen and oxygen atoms in total. The molecule has 0 saturated heterocycles. The van der Waals surface area contributed by atoms with E-state index in [1.54, 1.807) is 33.8 Å². The molecule has 23 heavy (non-hydrogen) atoms. The van der Waals surface area contributed by atoms with Gasteiger partial charge in [-0.05, 0) is 39.8 Å². The Kier molecular flexibility index (Phi) is 6.33. The molecule has 130 valence electrons. The van der Waals surface area contributed by atoms with Crippen LogP contribution in [0.4, 0.5) is 18.0 Å². The summed E-state index contributed by atoms with van der Waals surface area (Å²) in [4.78, 5) is 13.4. The second-order valence-corrected chi connectivity index (χ2v) is 6.71. The first-order valence-electron chi connectivity index (χ1n) is 6.93. The Morgan fingerprint density at radius 1 is 1.26 bits per heavy atom. The van der Waals surface area contributed by atoms with Gasteiger partial charge in [-0.1, -0.05) is 22.0 Å². The summed E-state index contributed by atoms with van der Waals surface area (Å²) in [5.41, 5.74) is -0.451. The van der Waals surface area contributed by atoms with Crippen LogP contribution in [0.15, 0.2) is 22.7 Å². The highest BCUT2D eigenvalue weighted by Crippen LogP contribution is 2.30. The molecule has 0 aliphatic carbocycles. The van der Waals surface area contributed by atoms with Crippen molar-refractivity contribution in [3.05, 3.63) is 28.2 Å². The Hall–Kier alpha value is -1.44. The van der Waals surface area contributed by atoms with Crippen LogP contribution in [-0.2, 0) is 11.3 Å². The molecule has 0 spiro atoms. The maximum absolute atomic E-state index is 12.5. The van der Waals surface area contributed by atoms with Gasteiger partial charge in [0.1, 0.15) is 11.4 Å². The lowest BCUT2D eigenvalue weighted by molar-refractivity contribution is -0.275. The lowest BCUT2D eigenvalue weighted by Crippen LogP contribution is -2.36. The zero-order chi connectivity index (χ0) is 17.8. The molecule has 8 heteroatoms. The first kappa shape index (κ1) is 19.6. The number of hydrogen-bond donors (Lipinski definition) is 0. The summed E-state index contributed by atoms with van der Waals surface area (Å²) in [6, 6.07) is 4.27. The minimum absolute atomic E-state index is 0.0515. The van der Waals surface area contributed by atoms with Crippen LogP contribution in [0.2, 0.25) is 0 Å². The highest BCUT2D eigenvalue weighted by molar-refractivity contribution is 9.10. The van der Waals surface area contributed by atoms with Gasteiger partial charge in [0.05, 0.1) is 6.54 Å². The monoisotopic (exact) mass is 397 g/mol. The molecule has 0 unspecified atom stereocenters. The van der Waals surface area contributed by atoms with Crippen LogP contribution in [0.5, 0.6) is 5.75 Å². The van der Waals surface area contributed by atoms with Crippen molar-refractivity contribution < 1.29 is 27.4 Å². The highest BCUT2D eigenvalue weighted by atomic mass is 79.9. The van der Waals surface area contributed by atoms with Crippen LogP contribution < -0.4 is 4.74 Å². The Morgan fingerprint density at radius 3 is 2.35 bits per heavy atom. The number of carbonyl (C=O) groups excluding carboxylic acids is 1. The summed E-state index contributed by atoms with van der Waals surface area (Å²) >= 11 is 3.10. The fourth-order valence-electron chi connectivity index (χ4n) is 1.72. The van der Waals surface area contributed by atoms with Gasteiger partial charge in [0.15, 0.2) is 0 Å². The van der Waals surface area contributed by atoms with Gasteiger partial charge >= 0.3 is 12.5 Å². The third-order valence-corrected chi connectivity index (χ3v) is 3.14. The van der Waals surface area contributed by atoms with Crippen molar-refractivity contribution in [1.82, 2.24) is 4.90 Å². The number of benzene rings is 1. The minimum Gasteiger partial charge on any atom is -0.444 e. The molecule has 0 aliphatic rings. The second kappa shape index (κ2) is 7.42. The van der Waals surface area contributed by atoms with Gasteiger partial charge in [0.2, 0.25) is 0 Å².